The second-order valence-corrected chi connectivity index (χ2v) is 7.92. The van der Waals surface area contributed by atoms with Crippen molar-refractivity contribution in [2.45, 2.75) is 12.5 Å². The van der Waals surface area contributed by atoms with E-state index in [1.165, 1.54) is 0 Å². The molecule has 0 bridgehead atoms. The Balaban J connectivity index is 1.80. The van der Waals surface area contributed by atoms with Gasteiger partial charge in [0, 0.05) is 23.5 Å². The van der Waals surface area contributed by atoms with E-state index >= 15 is 0 Å². The molecule has 2 aromatic carbocycles. The maximum Gasteiger partial charge on any atom is 0.327 e. The summed E-state index contributed by atoms with van der Waals surface area (Å²) in [6, 6.07) is 5.81. The van der Waals surface area contributed by atoms with Gasteiger partial charge in [-0.25, -0.2) is 4.79 Å². The van der Waals surface area contributed by atoms with Crippen LogP contribution in [0.25, 0.3) is 10.9 Å². The maximum absolute atomic E-state index is 13.0. The number of para-hydroxylation sites is 1. The van der Waals surface area contributed by atoms with Gasteiger partial charge >= 0.3 is 5.97 Å². The quantitative estimate of drug-likeness (QED) is 0.315. The van der Waals surface area contributed by atoms with Gasteiger partial charge in [0.15, 0.2) is 0 Å². The van der Waals surface area contributed by atoms with Crippen LogP contribution in [-0.4, -0.2) is 38.8 Å². The summed E-state index contributed by atoms with van der Waals surface area (Å²) in [5.74, 6) is -3.13. The normalized spacial score (nSPS) is 14.6. The van der Waals surface area contributed by atoms with Crippen molar-refractivity contribution in [2.24, 2.45) is 0 Å². The number of aromatic nitrogens is 1. The highest BCUT2D eigenvalue weighted by Crippen LogP contribution is 2.45. The van der Waals surface area contributed by atoms with Crippen LogP contribution in [0, 0.1) is 0 Å². The first-order chi connectivity index (χ1) is 13.7. The van der Waals surface area contributed by atoms with E-state index in [2.05, 4.69) is 4.98 Å². The minimum absolute atomic E-state index is 0.110. The minimum Gasteiger partial charge on any atom is -0.480 e. The van der Waals surface area contributed by atoms with Crippen LogP contribution in [0.3, 0.4) is 0 Å². The topological polar surface area (TPSA) is 90.5 Å². The van der Waals surface area contributed by atoms with E-state index in [9.17, 15) is 19.5 Å². The van der Waals surface area contributed by atoms with Crippen LogP contribution in [0.15, 0.2) is 30.5 Å². The zero-order chi connectivity index (χ0) is 21.0. The van der Waals surface area contributed by atoms with Crippen molar-refractivity contribution in [1.82, 2.24) is 9.88 Å². The van der Waals surface area contributed by atoms with Crippen LogP contribution in [0.2, 0.25) is 20.1 Å². The molecule has 1 aromatic heterocycles. The number of carbonyl (C=O) groups excluding carboxylic acids is 2. The van der Waals surface area contributed by atoms with Crippen LogP contribution < -0.4 is 0 Å². The van der Waals surface area contributed by atoms with Crippen molar-refractivity contribution >= 4 is 75.1 Å². The molecular weight excluding hydrogens is 462 g/mol. The van der Waals surface area contributed by atoms with Gasteiger partial charge in [-0.05, 0) is 11.6 Å². The van der Waals surface area contributed by atoms with Crippen LogP contribution in [0.1, 0.15) is 26.3 Å². The first-order valence-corrected chi connectivity index (χ1v) is 9.76. The number of H-pyrrole nitrogens is 1. The Kier molecular flexibility index (Phi) is 4.99. The molecule has 148 valence electrons. The Morgan fingerprint density at radius 1 is 0.966 bits per heavy atom. The predicted octanol–water partition coefficient (Wildman–Crippen LogP) is 5.07. The third-order valence-electron chi connectivity index (χ3n) is 4.82. The SMILES string of the molecule is O=C(O)[C@@H](Cc1c[nH]c2ccccc12)N1C(=O)c2c(Cl)c(Cl)c(Cl)c(Cl)c2C1=O. The van der Waals surface area contributed by atoms with Crippen LogP contribution in [0.5, 0.6) is 0 Å². The Labute approximate surface area is 183 Å². The number of amides is 2. The molecule has 1 aliphatic rings. The van der Waals surface area contributed by atoms with E-state index in [4.69, 9.17) is 46.4 Å². The molecule has 3 aromatic rings. The summed E-state index contributed by atoms with van der Waals surface area (Å²) >= 11 is 24.2. The van der Waals surface area contributed by atoms with Gasteiger partial charge in [0.1, 0.15) is 6.04 Å². The zero-order valence-electron chi connectivity index (χ0n) is 14.3. The zero-order valence-corrected chi connectivity index (χ0v) is 17.3. The Bertz CT molecular complexity index is 1170. The predicted molar refractivity (Wildman–Crippen MR) is 110 cm³/mol. The summed E-state index contributed by atoms with van der Waals surface area (Å²) in [6.45, 7) is 0. The van der Waals surface area contributed by atoms with E-state index in [0.717, 1.165) is 10.9 Å². The fourth-order valence-electron chi connectivity index (χ4n) is 3.45. The van der Waals surface area contributed by atoms with Gasteiger partial charge < -0.3 is 10.1 Å². The Morgan fingerprint density at radius 2 is 1.52 bits per heavy atom. The molecule has 10 heteroatoms. The lowest BCUT2D eigenvalue weighted by Crippen LogP contribution is -2.46. The first kappa shape index (κ1) is 20.0. The van der Waals surface area contributed by atoms with Crippen LogP contribution >= 0.6 is 46.4 Å². The van der Waals surface area contributed by atoms with Gasteiger partial charge in [-0.1, -0.05) is 64.6 Å². The standard InChI is InChI=1S/C19H10Cl4N2O4/c20-13-11-12(14(21)16(23)15(13)22)18(27)25(17(11)26)10(19(28)29)5-7-6-24-9-4-2-1-3-8(7)9/h1-4,6,10,24H,5H2,(H,28,29)/t10-/m1/s1. The fourth-order valence-corrected chi connectivity index (χ4v) is 4.46. The molecule has 0 aliphatic carbocycles. The molecule has 0 saturated carbocycles. The molecule has 0 fully saturated rings. The molecule has 0 saturated heterocycles. The van der Waals surface area contributed by atoms with Crippen molar-refractivity contribution in [3.05, 3.63) is 67.2 Å². The second kappa shape index (κ2) is 7.22. The summed E-state index contributed by atoms with van der Waals surface area (Å²) in [4.78, 5) is 41.6. The lowest BCUT2D eigenvalue weighted by Gasteiger charge is -2.22. The van der Waals surface area contributed by atoms with Crippen molar-refractivity contribution in [3.8, 4) is 0 Å². The van der Waals surface area contributed by atoms with E-state index in [1.54, 1.807) is 12.3 Å². The summed E-state index contributed by atoms with van der Waals surface area (Å²) in [5.41, 5.74) is 0.943. The van der Waals surface area contributed by atoms with Gasteiger partial charge in [-0.3, -0.25) is 14.5 Å². The number of hydrogen-bond acceptors (Lipinski definition) is 3. The highest BCUT2D eigenvalue weighted by atomic mass is 35.5. The molecule has 2 heterocycles. The van der Waals surface area contributed by atoms with Gasteiger partial charge in [0.25, 0.3) is 11.8 Å². The smallest absolute Gasteiger partial charge is 0.327 e. The van der Waals surface area contributed by atoms with Gasteiger partial charge in [-0.2, -0.15) is 0 Å². The molecule has 1 atom stereocenters. The number of imide groups is 1. The lowest BCUT2D eigenvalue weighted by atomic mass is 10.0. The second-order valence-electron chi connectivity index (χ2n) is 6.40. The van der Waals surface area contributed by atoms with Crippen LogP contribution in [-0.2, 0) is 11.2 Å². The maximum atomic E-state index is 13.0. The number of aromatic amines is 1. The Morgan fingerprint density at radius 3 is 2.07 bits per heavy atom. The number of aliphatic carboxylic acids is 1. The molecule has 2 amide bonds. The largest absolute Gasteiger partial charge is 0.480 e. The first-order valence-electron chi connectivity index (χ1n) is 8.25. The fraction of sp³-hybridized carbons (Fsp3) is 0.105. The molecular formula is C19H10Cl4N2O4. The molecule has 0 spiro atoms. The molecule has 0 unspecified atom stereocenters. The summed E-state index contributed by atoms with van der Waals surface area (Å²) in [6.07, 6.45) is 1.54. The number of carboxylic acid groups (broad SMARTS) is 1. The number of halogens is 4. The van der Waals surface area contributed by atoms with Crippen molar-refractivity contribution in [2.75, 3.05) is 0 Å². The number of nitrogens with zero attached hydrogens (tertiary/aromatic N) is 1. The molecule has 4 rings (SSSR count). The van der Waals surface area contributed by atoms with Gasteiger partial charge in [-0.15, -0.1) is 0 Å². The molecule has 6 nitrogen and oxygen atoms in total. The number of benzene rings is 2. The van der Waals surface area contributed by atoms with Gasteiger partial charge in [0.05, 0.1) is 31.2 Å². The third kappa shape index (κ3) is 2.99. The number of carbonyl (C=O) groups is 3. The number of fused-ring (bicyclic) bond motifs is 2. The van der Waals surface area contributed by atoms with E-state index in [0.29, 0.717) is 10.5 Å². The summed E-state index contributed by atoms with van der Waals surface area (Å²) in [7, 11) is 0. The number of hydrogen-bond donors (Lipinski definition) is 2. The van der Waals surface area contributed by atoms with E-state index < -0.39 is 23.8 Å². The van der Waals surface area contributed by atoms with Crippen molar-refractivity contribution in [3.63, 3.8) is 0 Å². The number of carboxylic acids is 1. The Hall–Kier alpha value is -2.25. The minimum atomic E-state index is -1.48. The van der Waals surface area contributed by atoms with Crippen molar-refractivity contribution in [1.29, 1.82) is 0 Å². The summed E-state index contributed by atoms with van der Waals surface area (Å²) < 4.78 is 0. The molecule has 1 aliphatic heterocycles. The highest BCUT2D eigenvalue weighted by Gasteiger charge is 2.46. The number of nitrogens with one attached hydrogen (secondary N) is 1. The third-order valence-corrected chi connectivity index (χ3v) is 6.62. The lowest BCUT2D eigenvalue weighted by molar-refractivity contribution is -0.141. The van der Waals surface area contributed by atoms with Crippen LogP contribution in [0.4, 0.5) is 0 Å². The molecule has 29 heavy (non-hydrogen) atoms. The van der Waals surface area contributed by atoms with E-state index in [1.807, 2.05) is 18.2 Å². The monoisotopic (exact) mass is 470 g/mol. The molecule has 2 N–H and O–H groups in total. The average Bonchev–Trinajstić information content (AvgIpc) is 3.21. The average molecular weight is 472 g/mol. The highest BCUT2D eigenvalue weighted by molar-refractivity contribution is 6.55. The van der Waals surface area contributed by atoms with Gasteiger partial charge in [0.2, 0.25) is 0 Å². The summed E-state index contributed by atoms with van der Waals surface area (Å²) in [5, 5.41) is 9.74. The molecule has 0 radical (unpaired) electrons. The van der Waals surface area contributed by atoms with Crippen molar-refractivity contribution < 1.29 is 19.5 Å². The van der Waals surface area contributed by atoms with E-state index in [-0.39, 0.29) is 37.6 Å². The number of rotatable bonds is 4.